The van der Waals surface area contributed by atoms with Crippen LogP contribution in [0.25, 0.3) is 0 Å². The fourth-order valence-electron chi connectivity index (χ4n) is 3.16. The molecule has 0 aromatic rings. The van der Waals surface area contributed by atoms with E-state index >= 15 is 0 Å². The van der Waals surface area contributed by atoms with Crippen LogP contribution in [0.4, 0.5) is 4.79 Å². The monoisotopic (exact) mass is 282 g/mol. The van der Waals surface area contributed by atoms with E-state index in [0.29, 0.717) is 36.9 Å². The quantitative estimate of drug-likeness (QED) is 0.679. The lowest BCUT2D eigenvalue weighted by Crippen LogP contribution is -2.46. The molecular formula is C14H26N4O2. The zero-order valence-corrected chi connectivity index (χ0v) is 12.6. The number of nitrogens with one attached hydrogen (secondary N) is 3. The summed E-state index contributed by atoms with van der Waals surface area (Å²) in [7, 11) is 0. The Hall–Kier alpha value is -1.14. The maximum atomic E-state index is 11.9. The van der Waals surface area contributed by atoms with Gasteiger partial charge in [0.05, 0.1) is 6.54 Å². The van der Waals surface area contributed by atoms with Crippen molar-refractivity contribution in [1.82, 2.24) is 20.9 Å². The first-order valence-electron chi connectivity index (χ1n) is 7.49. The fourth-order valence-corrected chi connectivity index (χ4v) is 3.16. The lowest BCUT2D eigenvalue weighted by Gasteiger charge is -2.23. The highest BCUT2D eigenvalue weighted by molar-refractivity contribution is 5.95. The summed E-state index contributed by atoms with van der Waals surface area (Å²) in [5.41, 5.74) is 0. The van der Waals surface area contributed by atoms with Gasteiger partial charge in [-0.1, -0.05) is 13.8 Å². The fraction of sp³-hybridized carbons (Fsp3) is 0.857. The SMILES string of the molecule is CC(C)CNC(=O)NC(=O)CN1CC2CNCC2C1C. The number of hydrogen-bond acceptors (Lipinski definition) is 4. The summed E-state index contributed by atoms with van der Waals surface area (Å²) >= 11 is 0. The average Bonchev–Trinajstić information content (AvgIpc) is 2.92. The lowest BCUT2D eigenvalue weighted by molar-refractivity contribution is -0.121. The number of amides is 3. The van der Waals surface area contributed by atoms with Crippen molar-refractivity contribution in [3.05, 3.63) is 0 Å². The third-order valence-electron chi connectivity index (χ3n) is 4.33. The van der Waals surface area contributed by atoms with Crippen LogP contribution in [0.5, 0.6) is 0 Å². The molecule has 20 heavy (non-hydrogen) atoms. The number of nitrogens with zero attached hydrogens (tertiary/aromatic N) is 1. The van der Waals surface area contributed by atoms with Crippen molar-refractivity contribution < 1.29 is 9.59 Å². The van der Waals surface area contributed by atoms with Crippen LogP contribution in [-0.2, 0) is 4.79 Å². The molecule has 0 bridgehead atoms. The van der Waals surface area contributed by atoms with Crippen LogP contribution in [-0.4, -0.2) is 55.6 Å². The second kappa shape index (κ2) is 6.54. The normalized spacial score (nSPS) is 29.5. The number of fused-ring (bicyclic) bond motifs is 1. The maximum Gasteiger partial charge on any atom is 0.321 e. The topological polar surface area (TPSA) is 73.5 Å². The first-order chi connectivity index (χ1) is 9.47. The minimum absolute atomic E-state index is 0.217. The highest BCUT2D eigenvalue weighted by atomic mass is 16.2. The molecule has 3 atom stereocenters. The van der Waals surface area contributed by atoms with Crippen molar-refractivity contribution in [1.29, 1.82) is 0 Å². The molecule has 2 heterocycles. The van der Waals surface area contributed by atoms with E-state index < -0.39 is 6.03 Å². The van der Waals surface area contributed by atoms with Crippen molar-refractivity contribution in [2.24, 2.45) is 17.8 Å². The van der Waals surface area contributed by atoms with Crippen LogP contribution in [0.1, 0.15) is 20.8 Å². The molecule has 114 valence electrons. The van der Waals surface area contributed by atoms with Crippen LogP contribution in [0.15, 0.2) is 0 Å². The van der Waals surface area contributed by atoms with Gasteiger partial charge >= 0.3 is 6.03 Å². The minimum Gasteiger partial charge on any atom is -0.338 e. The molecule has 3 amide bonds. The summed E-state index contributed by atoms with van der Waals surface area (Å²) in [5, 5.41) is 8.49. The average molecular weight is 282 g/mol. The van der Waals surface area contributed by atoms with E-state index in [-0.39, 0.29) is 5.91 Å². The molecule has 0 aromatic heterocycles. The van der Waals surface area contributed by atoms with E-state index in [1.165, 1.54) is 0 Å². The third kappa shape index (κ3) is 3.70. The molecular weight excluding hydrogens is 256 g/mol. The van der Waals surface area contributed by atoms with Gasteiger partial charge in [-0.25, -0.2) is 4.79 Å². The van der Waals surface area contributed by atoms with Crippen LogP contribution in [0, 0.1) is 17.8 Å². The van der Waals surface area contributed by atoms with Crippen LogP contribution < -0.4 is 16.0 Å². The predicted molar refractivity (Wildman–Crippen MR) is 77.3 cm³/mol. The summed E-state index contributed by atoms with van der Waals surface area (Å²) in [6, 6.07) is 0.0110. The van der Waals surface area contributed by atoms with Crippen molar-refractivity contribution in [3.8, 4) is 0 Å². The third-order valence-corrected chi connectivity index (χ3v) is 4.33. The summed E-state index contributed by atoms with van der Waals surface area (Å²) in [6.07, 6.45) is 0. The Morgan fingerprint density at radius 3 is 2.75 bits per heavy atom. The first-order valence-corrected chi connectivity index (χ1v) is 7.49. The Morgan fingerprint density at radius 1 is 1.35 bits per heavy atom. The summed E-state index contributed by atoms with van der Waals surface area (Å²) in [5.74, 6) is 1.44. The van der Waals surface area contributed by atoms with E-state index in [1.807, 2.05) is 13.8 Å². The summed E-state index contributed by atoms with van der Waals surface area (Å²) in [6.45, 7) is 10.1. The van der Waals surface area contributed by atoms with Gasteiger partial charge in [0, 0.05) is 19.1 Å². The minimum atomic E-state index is -0.391. The first kappa shape index (κ1) is 15.3. The van der Waals surface area contributed by atoms with Crippen LogP contribution >= 0.6 is 0 Å². The predicted octanol–water partition coefficient (Wildman–Crippen LogP) is 0.00790. The molecule has 3 unspecified atom stereocenters. The Balaban J connectivity index is 1.73. The smallest absolute Gasteiger partial charge is 0.321 e. The van der Waals surface area contributed by atoms with E-state index in [9.17, 15) is 9.59 Å². The molecule has 2 aliphatic heterocycles. The molecule has 0 saturated carbocycles. The number of urea groups is 1. The molecule has 2 fully saturated rings. The maximum absolute atomic E-state index is 11.9. The highest BCUT2D eigenvalue weighted by Gasteiger charge is 2.42. The molecule has 2 rings (SSSR count). The Bertz CT molecular complexity index is 372. The molecule has 6 nitrogen and oxygen atoms in total. The molecule has 2 aliphatic rings. The number of carbonyl (C=O) groups is 2. The van der Waals surface area contributed by atoms with E-state index in [0.717, 1.165) is 19.6 Å². The number of imide groups is 1. The molecule has 3 N–H and O–H groups in total. The van der Waals surface area contributed by atoms with Crippen LogP contribution in [0.2, 0.25) is 0 Å². The molecule has 0 aliphatic carbocycles. The lowest BCUT2D eigenvalue weighted by atomic mass is 9.95. The Kier molecular flexibility index (Phi) is 4.99. The standard InChI is InChI=1S/C14H26N4O2/c1-9(2)4-16-14(20)17-13(19)8-18-7-11-5-15-6-12(11)10(18)3/h9-12,15H,4-8H2,1-3H3,(H2,16,17,19,20). The van der Waals surface area contributed by atoms with Crippen molar-refractivity contribution in [2.45, 2.75) is 26.8 Å². The van der Waals surface area contributed by atoms with Gasteiger partial charge in [0.25, 0.3) is 0 Å². The van der Waals surface area contributed by atoms with Gasteiger partial charge in [0.1, 0.15) is 0 Å². The number of rotatable bonds is 4. The number of likely N-dealkylation sites (tertiary alicyclic amines) is 1. The zero-order chi connectivity index (χ0) is 14.7. The molecule has 2 saturated heterocycles. The van der Waals surface area contributed by atoms with Gasteiger partial charge in [-0.05, 0) is 37.8 Å². The molecule has 0 aromatic carbocycles. The largest absolute Gasteiger partial charge is 0.338 e. The van der Waals surface area contributed by atoms with Crippen molar-refractivity contribution in [2.75, 3.05) is 32.7 Å². The molecule has 0 radical (unpaired) electrons. The van der Waals surface area contributed by atoms with E-state index in [4.69, 9.17) is 0 Å². The van der Waals surface area contributed by atoms with Gasteiger partial charge in [0.15, 0.2) is 0 Å². The van der Waals surface area contributed by atoms with Crippen LogP contribution in [0.3, 0.4) is 0 Å². The highest BCUT2D eigenvalue weighted by Crippen LogP contribution is 2.31. The van der Waals surface area contributed by atoms with Gasteiger partial charge in [-0.3, -0.25) is 15.0 Å². The van der Waals surface area contributed by atoms with Gasteiger partial charge in [-0.2, -0.15) is 0 Å². The van der Waals surface area contributed by atoms with E-state index in [2.05, 4.69) is 27.8 Å². The molecule has 0 spiro atoms. The second-order valence-corrected chi connectivity index (χ2v) is 6.40. The van der Waals surface area contributed by atoms with Gasteiger partial charge < -0.3 is 10.6 Å². The summed E-state index contributed by atoms with van der Waals surface area (Å²) < 4.78 is 0. The molecule has 6 heteroatoms. The Morgan fingerprint density at radius 2 is 2.10 bits per heavy atom. The van der Waals surface area contributed by atoms with E-state index in [1.54, 1.807) is 0 Å². The van der Waals surface area contributed by atoms with Crippen molar-refractivity contribution >= 4 is 11.9 Å². The van der Waals surface area contributed by atoms with Crippen molar-refractivity contribution in [3.63, 3.8) is 0 Å². The number of hydrogen-bond donors (Lipinski definition) is 3. The number of carbonyl (C=O) groups excluding carboxylic acids is 2. The van der Waals surface area contributed by atoms with Gasteiger partial charge in [0.2, 0.25) is 5.91 Å². The van der Waals surface area contributed by atoms with Gasteiger partial charge in [-0.15, -0.1) is 0 Å². The second-order valence-electron chi connectivity index (χ2n) is 6.40. The zero-order valence-electron chi connectivity index (χ0n) is 12.6. The summed E-state index contributed by atoms with van der Waals surface area (Å²) in [4.78, 5) is 25.6. The Labute approximate surface area is 120 Å².